The van der Waals surface area contributed by atoms with Crippen LogP contribution in [0.4, 0.5) is 5.82 Å². The van der Waals surface area contributed by atoms with Crippen molar-refractivity contribution in [1.29, 1.82) is 0 Å². The summed E-state index contributed by atoms with van der Waals surface area (Å²) < 4.78 is 5.11. The highest BCUT2D eigenvalue weighted by Crippen LogP contribution is 2.14. The lowest BCUT2D eigenvalue weighted by Crippen LogP contribution is -2.37. The van der Waals surface area contributed by atoms with Crippen LogP contribution in [0.3, 0.4) is 0 Å². The molecule has 0 radical (unpaired) electrons. The maximum absolute atomic E-state index is 12.3. The zero-order chi connectivity index (χ0) is 15.5. The molecular formula is C14H16N4O4. The number of nitrogens with zero attached hydrogens (tertiary/aromatic N) is 3. The summed E-state index contributed by atoms with van der Waals surface area (Å²) >= 11 is 0. The summed E-state index contributed by atoms with van der Waals surface area (Å²) in [5.41, 5.74) is -0.257. The molecule has 3 rings (SSSR count). The Bertz CT molecular complexity index is 697. The van der Waals surface area contributed by atoms with E-state index in [1.54, 1.807) is 17.0 Å². The lowest BCUT2D eigenvalue weighted by atomic mass is 10.3. The predicted molar refractivity (Wildman–Crippen MR) is 77.7 cm³/mol. The van der Waals surface area contributed by atoms with Crippen molar-refractivity contribution in [3.63, 3.8) is 0 Å². The molecule has 1 fully saturated rings. The van der Waals surface area contributed by atoms with Gasteiger partial charge in [-0.2, -0.15) is 0 Å². The summed E-state index contributed by atoms with van der Waals surface area (Å²) in [5.74, 6) is 0.467. The monoisotopic (exact) mass is 304 g/mol. The number of β-amino-alcohol motifs (C(OH)–C–C–N with tert-alkyl or cyclic N) is 1. The number of hydrogen-bond donors (Lipinski definition) is 2. The van der Waals surface area contributed by atoms with E-state index >= 15 is 0 Å². The fourth-order valence-corrected chi connectivity index (χ4v) is 2.47. The summed E-state index contributed by atoms with van der Waals surface area (Å²) in [7, 11) is 0. The van der Waals surface area contributed by atoms with Gasteiger partial charge >= 0.3 is 0 Å². The molecular weight excluding hydrogens is 288 g/mol. The highest BCUT2D eigenvalue weighted by Gasteiger charge is 2.27. The Morgan fingerprint density at radius 1 is 1.41 bits per heavy atom. The van der Waals surface area contributed by atoms with Gasteiger partial charge in [0.25, 0.3) is 11.5 Å². The summed E-state index contributed by atoms with van der Waals surface area (Å²) in [4.78, 5) is 33.5. The van der Waals surface area contributed by atoms with Gasteiger partial charge in [-0.05, 0) is 12.1 Å². The van der Waals surface area contributed by atoms with Crippen LogP contribution in [0.5, 0.6) is 0 Å². The number of furan rings is 1. The van der Waals surface area contributed by atoms with Crippen molar-refractivity contribution in [3.05, 3.63) is 46.9 Å². The second-order valence-electron chi connectivity index (χ2n) is 5.10. The Hall–Kier alpha value is -2.61. The fourth-order valence-electron chi connectivity index (χ4n) is 2.47. The van der Waals surface area contributed by atoms with Gasteiger partial charge in [0, 0.05) is 32.2 Å². The Balaban J connectivity index is 1.75. The summed E-state index contributed by atoms with van der Waals surface area (Å²) in [6.45, 7) is 1.39. The molecule has 8 nitrogen and oxygen atoms in total. The molecule has 3 heterocycles. The molecule has 0 spiro atoms. The number of hydrogen-bond acceptors (Lipinski definition) is 6. The zero-order valence-electron chi connectivity index (χ0n) is 11.8. The Morgan fingerprint density at radius 2 is 2.27 bits per heavy atom. The van der Waals surface area contributed by atoms with Gasteiger partial charge in [-0.15, -0.1) is 0 Å². The van der Waals surface area contributed by atoms with Gasteiger partial charge in [0.15, 0.2) is 5.76 Å². The first-order valence-corrected chi connectivity index (χ1v) is 6.94. The summed E-state index contributed by atoms with van der Waals surface area (Å²) in [5, 5.41) is 10.1. The Morgan fingerprint density at radius 3 is 3.00 bits per heavy atom. The molecule has 1 atom stereocenters. The van der Waals surface area contributed by atoms with Crippen molar-refractivity contribution in [2.75, 3.05) is 31.1 Å². The molecule has 0 saturated carbocycles. The van der Waals surface area contributed by atoms with Crippen LogP contribution in [0.25, 0.3) is 0 Å². The number of amides is 1. The second kappa shape index (κ2) is 6.02. The molecule has 116 valence electrons. The molecule has 1 saturated heterocycles. The van der Waals surface area contributed by atoms with E-state index in [-0.39, 0.29) is 23.8 Å². The van der Waals surface area contributed by atoms with E-state index in [1.165, 1.54) is 23.6 Å². The third-order valence-corrected chi connectivity index (χ3v) is 3.51. The SMILES string of the molecule is O=C(c1ccco1)N1CCN(c2cc(=O)[nH]cn2)CC(O)C1. The smallest absolute Gasteiger partial charge is 0.289 e. The molecule has 0 aliphatic carbocycles. The van der Waals surface area contributed by atoms with Crippen LogP contribution >= 0.6 is 0 Å². The van der Waals surface area contributed by atoms with Crippen molar-refractivity contribution in [1.82, 2.24) is 14.9 Å². The lowest BCUT2D eigenvalue weighted by Gasteiger charge is -2.22. The first-order chi connectivity index (χ1) is 10.6. The van der Waals surface area contributed by atoms with E-state index in [2.05, 4.69) is 9.97 Å². The van der Waals surface area contributed by atoms with E-state index in [9.17, 15) is 14.7 Å². The molecule has 1 aliphatic rings. The quantitative estimate of drug-likeness (QED) is 0.789. The zero-order valence-corrected chi connectivity index (χ0v) is 11.8. The van der Waals surface area contributed by atoms with Crippen LogP contribution < -0.4 is 10.5 Å². The number of aliphatic hydroxyl groups excluding tert-OH is 1. The minimum absolute atomic E-state index is 0.208. The minimum Gasteiger partial charge on any atom is -0.459 e. The van der Waals surface area contributed by atoms with Crippen LogP contribution in [0.2, 0.25) is 0 Å². The van der Waals surface area contributed by atoms with E-state index in [0.717, 1.165) is 0 Å². The third-order valence-electron chi connectivity index (χ3n) is 3.51. The van der Waals surface area contributed by atoms with Crippen LogP contribution in [0.1, 0.15) is 10.6 Å². The van der Waals surface area contributed by atoms with Crippen molar-refractivity contribution >= 4 is 11.7 Å². The number of nitrogens with one attached hydrogen (secondary N) is 1. The summed E-state index contributed by atoms with van der Waals surface area (Å²) in [6, 6.07) is 4.61. The summed E-state index contributed by atoms with van der Waals surface area (Å²) in [6.07, 6.45) is 2.02. The van der Waals surface area contributed by atoms with E-state index in [0.29, 0.717) is 25.5 Å². The normalized spacial score (nSPS) is 19.0. The highest BCUT2D eigenvalue weighted by molar-refractivity contribution is 5.91. The number of H-pyrrole nitrogens is 1. The van der Waals surface area contributed by atoms with E-state index in [4.69, 9.17) is 4.42 Å². The molecule has 1 amide bonds. The van der Waals surface area contributed by atoms with Crippen molar-refractivity contribution < 1.29 is 14.3 Å². The van der Waals surface area contributed by atoms with Gasteiger partial charge in [-0.25, -0.2) is 4.98 Å². The predicted octanol–water partition coefficient (Wildman–Crippen LogP) is -0.314. The minimum atomic E-state index is -0.734. The number of aliphatic hydroxyl groups is 1. The Labute approximate surface area is 126 Å². The van der Waals surface area contributed by atoms with Gasteiger partial charge in [0.05, 0.1) is 18.7 Å². The largest absolute Gasteiger partial charge is 0.459 e. The average molecular weight is 304 g/mol. The molecule has 1 unspecified atom stereocenters. The lowest BCUT2D eigenvalue weighted by molar-refractivity contribution is 0.0643. The van der Waals surface area contributed by atoms with Gasteiger partial charge < -0.3 is 24.3 Å². The standard InChI is InChI=1S/C14H16N4O4/c19-10-7-17(12-6-13(20)16-9-15-12)3-4-18(8-10)14(21)11-2-1-5-22-11/h1-2,5-6,9-10,19H,3-4,7-8H2,(H,15,16,20). The van der Waals surface area contributed by atoms with Crippen LogP contribution in [-0.2, 0) is 0 Å². The van der Waals surface area contributed by atoms with Gasteiger partial charge in [-0.3, -0.25) is 9.59 Å². The number of carbonyl (C=O) groups excluding carboxylic acids is 1. The first-order valence-electron chi connectivity index (χ1n) is 6.94. The number of aromatic amines is 1. The third kappa shape index (κ3) is 3.01. The maximum atomic E-state index is 12.3. The molecule has 2 aromatic heterocycles. The average Bonchev–Trinajstić information content (AvgIpc) is 2.96. The molecule has 8 heteroatoms. The van der Waals surface area contributed by atoms with Gasteiger partial charge in [0.2, 0.25) is 0 Å². The molecule has 0 bridgehead atoms. The van der Waals surface area contributed by atoms with Crippen molar-refractivity contribution in [3.8, 4) is 0 Å². The molecule has 22 heavy (non-hydrogen) atoms. The first kappa shape index (κ1) is 14.3. The Kier molecular flexibility index (Phi) is 3.92. The number of anilines is 1. The van der Waals surface area contributed by atoms with E-state index in [1.807, 2.05) is 0 Å². The number of aromatic nitrogens is 2. The molecule has 1 aliphatic heterocycles. The molecule has 2 N–H and O–H groups in total. The fraction of sp³-hybridized carbons (Fsp3) is 0.357. The highest BCUT2D eigenvalue weighted by atomic mass is 16.3. The molecule has 2 aromatic rings. The van der Waals surface area contributed by atoms with E-state index < -0.39 is 6.10 Å². The van der Waals surface area contributed by atoms with Crippen LogP contribution in [0.15, 0.2) is 40.0 Å². The van der Waals surface area contributed by atoms with Crippen molar-refractivity contribution in [2.24, 2.45) is 0 Å². The number of carbonyl (C=O) groups is 1. The maximum Gasteiger partial charge on any atom is 0.289 e. The molecule has 0 aromatic carbocycles. The van der Waals surface area contributed by atoms with Crippen LogP contribution in [0, 0.1) is 0 Å². The number of rotatable bonds is 2. The van der Waals surface area contributed by atoms with Gasteiger partial charge in [-0.1, -0.05) is 0 Å². The van der Waals surface area contributed by atoms with Gasteiger partial charge in [0.1, 0.15) is 5.82 Å². The topological polar surface area (TPSA) is 103 Å². The second-order valence-corrected chi connectivity index (χ2v) is 5.10. The van der Waals surface area contributed by atoms with Crippen LogP contribution in [-0.4, -0.2) is 58.2 Å². The van der Waals surface area contributed by atoms with Crippen molar-refractivity contribution in [2.45, 2.75) is 6.10 Å².